The van der Waals surface area contributed by atoms with E-state index in [0.717, 1.165) is 6.16 Å². The SMILES string of the molecule is C=C1NC(=S)N(C)C=C1[C@@H]1O[C@H](CCP(=C)(C)C)[C@@H](O)[C@H]1O. The van der Waals surface area contributed by atoms with Gasteiger partial charge in [-0.25, -0.2) is 0 Å². The van der Waals surface area contributed by atoms with Crippen molar-refractivity contribution in [3.05, 3.63) is 24.0 Å². The Hall–Kier alpha value is -0.650. The molecule has 5 nitrogen and oxygen atoms in total. The molecule has 0 aromatic heterocycles. The summed E-state index contributed by atoms with van der Waals surface area (Å²) in [6.45, 7) is 7.03. The molecule has 0 radical (unpaired) electrons. The van der Waals surface area contributed by atoms with Gasteiger partial charge in [-0.05, 0) is 38.1 Å². The molecular weight excluding hydrogens is 319 g/mol. The van der Waals surface area contributed by atoms with Gasteiger partial charge in [0, 0.05) is 24.5 Å². The van der Waals surface area contributed by atoms with Gasteiger partial charge in [-0.15, -0.1) is 13.2 Å². The second-order valence-corrected chi connectivity index (χ2v) is 11.3. The topological polar surface area (TPSA) is 65.0 Å². The number of aliphatic hydroxyl groups is 2. The molecule has 1 saturated heterocycles. The largest absolute Gasteiger partial charge is 0.388 e. The van der Waals surface area contributed by atoms with Gasteiger partial charge in [0.15, 0.2) is 5.11 Å². The van der Waals surface area contributed by atoms with Crippen molar-refractivity contribution in [1.29, 1.82) is 0 Å². The molecule has 0 bridgehead atoms. The average molecular weight is 344 g/mol. The van der Waals surface area contributed by atoms with Gasteiger partial charge in [0.25, 0.3) is 0 Å². The first-order chi connectivity index (χ1) is 10.1. The van der Waals surface area contributed by atoms with Crippen LogP contribution in [-0.4, -0.2) is 77.5 Å². The molecule has 1 fully saturated rings. The molecule has 2 heterocycles. The highest BCUT2D eigenvalue weighted by Crippen LogP contribution is 2.39. The van der Waals surface area contributed by atoms with Crippen molar-refractivity contribution in [1.82, 2.24) is 10.2 Å². The van der Waals surface area contributed by atoms with Crippen LogP contribution in [0.25, 0.3) is 0 Å². The van der Waals surface area contributed by atoms with Crippen LogP contribution in [0.1, 0.15) is 6.42 Å². The number of thiocarbonyl (C=S) groups is 1. The van der Waals surface area contributed by atoms with Crippen LogP contribution < -0.4 is 5.32 Å². The standard InChI is InChI=1S/C15H25N2O3PS/c1-9-10(8-17(2)15(22)16-9)14-13(19)12(18)11(20-14)6-7-21(3,4)5/h8,11-14,18-19H,1,3,6-7H2,2,4-5H3,(H,16,22)/t11-,12-,13-,14+/m1/s1. The van der Waals surface area contributed by atoms with Gasteiger partial charge < -0.3 is 25.2 Å². The summed E-state index contributed by atoms with van der Waals surface area (Å²) in [6, 6.07) is 0. The predicted molar refractivity (Wildman–Crippen MR) is 96.8 cm³/mol. The zero-order valence-corrected chi connectivity index (χ0v) is 15.0. The highest BCUT2D eigenvalue weighted by molar-refractivity contribution is 7.80. The summed E-state index contributed by atoms with van der Waals surface area (Å²) in [5.74, 6) is 0. The van der Waals surface area contributed by atoms with Crippen LogP contribution in [-0.2, 0) is 4.74 Å². The van der Waals surface area contributed by atoms with Crippen LogP contribution in [0.4, 0.5) is 0 Å². The van der Waals surface area contributed by atoms with Gasteiger partial charge in [0.05, 0.1) is 6.10 Å². The maximum atomic E-state index is 10.3. The molecule has 0 saturated carbocycles. The minimum Gasteiger partial charge on any atom is -0.388 e. The Morgan fingerprint density at radius 3 is 2.64 bits per heavy atom. The fraction of sp³-hybridized carbons (Fsp3) is 0.600. The molecule has 0 spiro atoms. The molecule has 7 heteroatoms. The second-order valence-electron chi connectivity index (χ2n) is 6.63. The first-order valence-corrected chi connectivity index (χ1v) is 10.7. The first kappa shape index (κ1) is 17.7. The number of hydrogen-bond acceptors (Lipinski definition) is 4. The molecule has 124 valence electrons. The summed E-state index contributed by atoms with van der Waals surface area (Å²) < 4.78 is 5.93. The van der Waals surface area contributed by atoms with Crippen LogP contribution >= 0.6 is 19.1 Å². The number of aliphatic hydroxyl groups excluding tert-OH is 2. The van der Waals surface area contributed by atoms with E-state index in [4.69, 9.17) is 17.0 Å². The van der Waals surface area contributed by atoms with E-state index in [1.165, 1.54) is 0 Å². The minimum atomic E-state index is -1.19. The summed E-state index contributed by atoms with van der Waals surface area (Å²) in [5, 5.41) is 24.1. The van der Waals surface area contributed by atoms with Crippen molar-refractivity contribution in [2.75, 3.05) is 26.5 Å². The van der Waals surface area contributed by atoms with E-state index >= 15 is 0 Å². The summed E-state index contributed by atoms with van der Waals surface area (Å²) in [5.41, 5.74) is 1.32. The normalized spacial score (nSPS) is 33.0. The third kappa shape index (κ3) is 3.81. The van der Waals surface area contributed by atoms with Crippen molar-refractivity contribution in [3.8, 4) is 0 Å². The lowest BCUT2D eigenvalue weighted by molar-refractivity contribution is 0.0187. The Morgan fingerprint density at radius 1 is 1.41 bits per heavy atom. The van der Waals surface area contributed by atoms with Gasteiger partial charge >= 0.3 is 0 Å². The van der Waals surface area contributed by atoms with E-state index < -0.39 is 25.2 Å². The van der Waals surface area contributed by atoms with E-state index in [2.05, 4.69) is 31.5 Å². The van der Waals surface area contributed by atoms with Gasteiger partial charge in [-0.1, -0.05) is 6.58 Å². The maximum absolute atomic E-state index is 10.3. The molecule has 0 unspecified atom stereocenters. The first-order valence-electron chi connectivity index (χ1n) is 7.24. The summed E-state index contributed by atoms with van der Waals surface area (Å²) >= 11 is 5.14. The predicted octanol–water partition coefficient (Wildman–Crippen LogP) is 0.792. The number of rotatable bonds is 4. The van der Waals surface area contributed by atoms with E-state index in [-0.39, 0.29) is 6.10 Å². The van der Waals surface area contributed by atoms with Gasteiger partial charge in [0.1, 0.15) is 18.3 Å². The average Bonchev–Trinajstić information content (AvgIpc) is 2.68. The molecule has 0 aliphatic carbocycles. The molecule has 2 rings (SSSR count). The molecule has 4 atom stereocenters. The Bertz CT molecular complexity index is 557. The Morgan fingerprint density at radius 2 is 2.05 bits per heavy atom. The smallest absolute Gasteiger partial charge is 0.177 e. The molecule has 0 aromatic carbocycles. The Labute approximate surface area is 137 Å². The van der Waals surface area contributed by atoms with Gasteiger partial charge in [0.2, 0.25) is 0 Å². The number of ether oxygens (including phenoxy) is 1. The van der Waals surface area contributed by atoms with Crippen LogP contribution in [0.3, 0.4) is 0 Å². The van der Waals surface area contributed by atoms with Crippen molar-refractivity contribution in [2.24, 2.45) is 0 Å². The minimum absolute atomic E-state index is 0.381. The van der Waals surface area contributed by atoms with E-state index in [0.29, 0.717) is 22.8 Å². The van der Waals surface area contributed by atoms with Gasteiger partial charge in [-0.2, -0.15) is 0 Å². The molecule has 3 N–H and O–H groups in total. The lowest BCUT2D eigenvalue weighted by Gasteiger charge is -2.30. The summed E-state index contributed by atoms with van der Waals surface area (Å²) in [4.78, 5) is 1.74. The van der Waals surface area contributed by atoms with Crippen LogP contribution in [0.2, 0.25) is 0 Å². The Kier molecular flexibility index (Phi) is 5.20. The number of nitrogens with zero attached hydrogens (tertiary/aromatic N) is 1. The zero-order chi connectivity index (χ0) is 16.7. The molecule has 0 aromatic rings. The molecule has 0 amide bonds. The molecule has 2 aliphatic rings. The third-order valence-electron chi connectivity index (χ3n) is 3.95. The van der Waals surface area contributed by atoms with Crippen LogP contribution in [0, 0.1) is 0 Å². The monoisotopic (exact) mass is 344 g/mol. The van der Waals surface area contributed by atoms with Crippen molar-refractivity contribution in [3.63, 3.8) is 0 Å². The van der Waals surface area contributed by atoms with Crippen molar-refractivity contribution in [2.45, 2.75) is 30.8 Å². The highest BCUT2D eigenvalue weighted by atomic mass is 32.1. The number of nitrogens with one attached hydrogen (secondary N) is 1. The van der Waals surface area contributed by atoms with E-state index in [9.17, 15) is 10.2 Å². The van der Waals surface area contributed by atoms with Crippen LogP contribution in [0.15, 0.2) is 24.0 Å². The van der Waals surface area contributed by atoms with Crippen molar-refractivity contribution >= 4 is 30.5 Å². The van der Waals surface area contributed by atoms with Crippen LogP contribution in [0.5, 0.6) is 0 Å². The summed E-state index contributed by atoms with van der Waals surface area (Å²) in [7, 11) is 1.81. The van der Waals surface area contributed by atoms with Gasteiger partial charge in [-0.3, -0.25) is 0 Å². The second kappa shape index (κ2) is 6.46. The van der Waals surface area contributed by atoms with E-state index in [1.807, 2.05) is 7.05 Å². The van der Waals surface area contributed by atoms with E-state index in [1.54, 1.807) is 11.1 Å². The molecule has 22 heavy (non-hydrogen) atoms. The zero-order valence-electron chi connectivity index (χ0n) is 13.3. The third-order valence-corrected chi connectivity index (χ3v) is 5.81. The summed E-state index contributed by atoms with van der Waals surface area (Å²) in [6.07, 6.45) is 4.72. The van der Waals surface area contributed by atoms with Crippen molar-refractivity contribution < 1.29 is 14.9 Å². The quantitative estimate of drug-likeness (QED) is 0.518. The fourth-order valence-corrected chi connectivity index (χ4v) is 3.73. The fourth-order valence-electron chi connectivity index (χ4n) is 2.60. The maximum Gasteiger partial charge on any atom is 0.177 e. The molecule has 2 aliphatic heterocycles. The Balaban J connectivity index is 2.13. The lowest BCUT2D eigenvalue weighted by Crippen LogP contribution is -2.42. The molecular formula is C15H25N2O3PS. The highest BCUT2D eigenvalue weighted by Gasteiger charge is 2.45. The lowest BCUT2D eigenvalue weighted by atomic mass is 9.99. The number of hydrogen-bond donors (Lipinski definition) is 3.